The molecule has 0 aliphatic carbocycles. The van der Waals surface area contributed by atoms with E-state index < -0.39 is 0 Å². The molecule has 0 amide bonds. The van der Waals surface area contributed by atoms with E-state index in [0.717, 1.165) is 61.3 Å². The molecule has 12 rings (SSSR count). The topological polar surface area (TPSA) is 21.3 Å². The third kappa shape index (κ3) is 4.92. The first-order valence-corrected chi connectivity index (χ1v) is 19.5. The summed E-state index contributed by atoms with van der Waals surface area (Å²) >= 11 is 0. The molecule has 57 heavy (non-hydrogen) atoms. The molecule has 0 aliphatic rings. The summed E-state index contributed by atoms with van der Waals surface area (Å²) < 4.78 is 9.31. The Morgan fingerprint density at radius 2 is 0.982 bits per heavy atom. The smallest absolute Gasteiger partial charge is 0.138 e. The molecule has 3 heteroatoms. The van der Waals surface area contributed by atoms with Crippen LogP contribution >= 0.6 is 0 Å². The van der Waals surface area contributed by atoms with Gasteiger partial charge < -0.3 is 13.9 Å². The van der Waals surface area contributed by atoms with E-state index in [1.165, 1.54) is 48.6 Å². The van der Waals surface area contributed by atoms with Gasteiger partial charge in [-0.15, -0.1) is 0 Å². The molecule has 0 fully saturated rings. The van der Waals surface area contributed by atoms with Crippen LogP contribution in [0.5, 0.6) is 0 Å². The minimum atomic E-state index is 0.852. The van der Waals surface area contributed by atoms with Crippen LogP contribution in [0, 0.1) is 0 Å². The number of hydrogen-bond acceptors (Lipinski definition) is 2. The van der Waals surface area contributed by atoms with Gasteiger partial charge in [0.1, 0.15) is 11.2 Å². The van der Waals surface area contributed by atoms with Crippen molar-refractivity contribution in [3.63, 3.8) is 0 Å². The first-order valence-electron chi connectivity index (χ1n) is 19.5. The van der Waals surface area contributed by atoms with Gasteiger partial charge in [0.25, 0.3) is 0 Å². The zero-order chi connectivity index (χ0) is 37.5. The molecule has 0 aliphatic heterocycles. The quantitative estimate of drug-likeness (QED) is 0.165. The Kier molecular flexibility index (Phi) is 6.93. The molecule has 0 saturated carbocycles. The highest BCUT2D eigenvalue weighted by atomic mass is 16.3. The first-order chi connectivity index (χ1) is 28.3. The van der Waals surface area contributed by atoms with Gasteiger partial charge in [0.2, 0.25) is 0 Å². The summed E-state index contributed by atoms with van der Waals surface area (Å²) in [5.41, 5.74) is 10.6. The Balaban J connectivity index is 1.18. The summed E-state index contributed by atoms with van der Waals surface area (Å²) in [5.74, 6) is 0. The number of benzene rings is 10. The fourth-order valence-electron chi connectivity index (χ4n) is 9.16. The maximum Gasteiger partial charge on any atom is 0.138 e. The monoisotopic (exact) mass is 726 g/mol. The Bertz CT molecular complexity index is 3520. The number of aromatic nitrogens is 1. The Hall–Kier alpha value is -7.62. The van der Waals surface area contributed by atoms with Gasteiger partial charge in [-0.2, -0.15) is 0 Å². The van der Waals surface area contributed by atoms with Crippen molar-refractivity contribution >= 4 is 93.1 Å². The maximum atomic E-state index is 6.91. The molecule has 0 saturated heterocycles. The molecule has 0 bridgehead atoms. The van der Waals surface area contributed by atoms with Gasteiger partial charge >= 0.3 is 0 Å². The first kappa shape index (κ1) is 31.7. The number of anilines is 3. The highest BCUT2D eigenvalue weighted by molar-refractivity contribution is 6.24. The molecule has 2 aromatic heterocycles. The number of para-hydroxylation sites is 3. The molecular formula is C54H34N2O. The van der Waals surface area contributed by atoms with Gasteiger partial charge in [-0.3, -0.25) is 0 Å². The molecule has 0 atom stereocenters. The van der Waals surface area contributed by atoms with E-state index >= 15 is 0 Å². The molecule has 2 heterocycles. The van der Waals surface area contributed by atoms with Crippen LogP contribution in [0.15, 0.2) is 211 Å². The molecule has 266 valence electrons. The SMILES string of the molecule is c1ccc(N(c2cc(-c3ccc4c5ccccc5n(-c5ccccc5)c4c3)c3c(c2)oc2ccc4ccccc4c23)c2ccc3ccc4ccccc4c3c2)cc1. The Morgan fingerprint density at radius 3 is 1.81 bits per heavy atom. The third-order valence-corrected chi connectivity index (χ3v) is 11.7. The van der Waals surface area contributed by atoms with Gasteiger partial charge in [0.15, 0.2) is 0 Å². The minimum absolute atomic E-state index is 0.852. The van der Waals surface area contributed by atoms with E-state index in [9.17, 15) is 0 Å². The average molecular weight is 727 g/mol. The van der Waals surface area contributed by atoms with Crippen molar-refractivity contribution in [3.8, 4) is 16.8 Å². The molecule has 0 unspecified atom stereocenters. The number of nitrogens with zero attached hydrogens (tertiary/aromatic N) is 2. The van der Waals surface area contributed by atoms with Gasteiger partial charge in [-0.1, -0.05) is 140 Å². The van der Waals surface area contributed by atoms with Crippen LogP contribution in [0.2, 0.25) is 0 Å². The Morgan fingerprint density at radius 1 is 0.351 bits per heavy atom. The summed E-state index contributed by atoms with van der Waals surface area (Å²) in [6, 6.07) is 74.5. The van der Waals surface area contributed by atoms with Crippen LogP contribution in [0.1, 0.15) is 0 Å². The number of fused-ring (bicyclic) bond motifs is 11. The predicted octanol–water partition coefficient (Wildman–Crippen LogP) is 15.3. The summed E-state index contributed by atoms with van der Waals surface area (Å²) in [5, 5.41) is 12.0. The standard InChI is InChI=1S/C54H34N2O/c1-3-15-39(16-4-1)55(41-28-25-37-24-23-35-13-7-9-19-43(35)47(37)32-41)42-33-48(54-52(34-42)57-51-30-27-36-14-8-10-20-44(36)53(51)54)38-26-29-46-45-21-11-12-22-49(45)56(50(46)31-38)40-17-5-2-6-18-40/h1-34H. The number of furan rings is 1. The van der Waals surface area contributed by atoms with Gasteiger partial charge in [0.05, 0.1) is 16.7 Å². The van der Waals surface area contributed by atoms with E-state index in [-0.39, 0.29) is 0 Å². The van der Waals surface area contributed by atoms with E-state index in [1.54, 1.807) is 0 Å². The summed E-state index contributed by atoms with van der Waals surface area (Å²) in [7, 11) is 0. The molecule has 0 N–H and O–H groups in total. The van der Waals surface area contributed by atoms with Gasteiger partial charge in [-0.05, 0) is 104 Å². The predicted molar refractivity (Wildman–Crippen MR) is 241 cm³/mol. The van der Waals surface area contributed by atoms with Crippen molar-refractivity contribution in [1.82, 2.24) is 4.57 Å². The minimum Gasteiger partial charge on any atom is -0.456 e. The lowest BCUT2D eigenvalue weighted by Crippen LogP contribution is -2.10. The van der Waals surface area contributed by atoms with Crippen LogP contribution in [-0.2, 0) is 0 Å². The van der Waals surface area contributed by atoms with Gasteiger partial charge in [0, 0.05) is 44.7 Å². The third-order valence-electron chi connectivity index (χ3n) is 11.7. The molecule has 12 aromatic rings. The second-order valence-corrected chi connectivity index (χ2v) is 14.9. The molecule has 0 spiro atoms. The van der Waals surface area contributed by atoms with Crippen molar-refractivity contribution in [3.05, 3.63) is 206 Å². The van der Waals surface area contributed by atoms with Crippen LogP contribution in [0.4, 0.5) is 17.1 Å². The number of hydrogen-bond donors (Lipinski definition) is 0. The number of rotatable bonds is 5. The zero-order valence-corrected chi connectivity index (χ0v) is 30.9. The fraction of sp³-hybridized carbons (Fsp3) is 0. The lowest BCUT2D eigenvalue weighted by Gasteiger charge is -2.26. The summed E-state index contributed by atoms with van der Waals surface area (Å²) in [4.78, 5) is 2.37. The fourth-order valence-corrected chi connectivity index (χ4v) is 9.16. The van der Waals surface area contributed by atoms with Crippen molar-refractivity contribution in [2.45, 2.75) is 0 Å². The van der Waals surface area contributed by atoms with E-state index in [2.05, 4.69) is 216 Å². The largest absolute Gasteiger partial charge is 0.456 e. The van der Waals surface area contributed by atoms with Crippen LogP contribution in [0.25, 0.3) is 92.9 Å². The Labute approximate surface area is 328 Å². The summed E-state index contributed by atoms with van der Waals surface area (Å²) in [6.45, 7) is 0. The normalized spacial score (nSPS) is 11.9. The van der Waals surface area contributed by atoms with Crippen molar-refractivity contribution in [2.75, 3.05) is 4.90 Å². The van der Waals surface area contributed by atoms with Crippen molar-refractivity contribution < 1.29 is 4.42 Å². The van der Waals surface area contributed by atoms with Crippen LogP contribution in [-0.4, -0.2) is 4.57 Å². The maximum absolute atomic E-state index is 6.91. The lowest BCUT2D eigenvalue weighted by molar-refractivity contribution is 0.669. The van der Waals surface area contributed by atoms with E-state index in [4.69, 9.17) is 4.42 Å². The van der Waals surface area contributed by atoms with E-state index in [1.807, 2.05) is 0 Å². The van der Waals surface area contributed by atoms with Crippen LogP contribution in [0.3, 0.4) is 0 Å². The van der Waals surface area contributed by atoms with Crippen molar-refractivity contribution in [1.29, 1.82) is 0 Å². The lowest BCUT2D eigenvalue weighted by atomic mass is 9.95. The second-order valence-electron chi connectivity index (χ2n) is 14.9. The molecular weight excluding hydrogens is 693 g/mol. The van der Waals surface area contributed by atoms with Crippen molar-refractivity contribution in [2.24, 2.45) is 0 Å². The highest BCUT2D eigenvalue weighted by Gasteiger charge is 2.22. The van der Waals surface area contributed by atoms with Crippen LogP contribution < -0.4 is 4.90 Å². The average Bonchev–Trinajstić information content (AvgIpc) is 3.83. The zero-order valence-electron chi connectivity index (χ0n) is 30.9. The molecule has 3 nitrogen and oxygen atoms in total. The highest BCUT2D eigenvalue weighted by Crippen LogP contribution is 2.47. The van der Waals surface area contributed by atoms with E-state index in [0.29, 0.717) is 0 Å². The molecule has 0 radical (unpaired) electrons. The van der Waals surface area contributed by atoms with Gasteiger partial charge in [-0.25, -0.2) is 0 Å². The summed E-state index contributed by atoms with van der Waals surface area (Å²) in [6.07, 6.45) is 0. The second kappa shape index (κ2) is 12.5. The molecule has 10 aromatic carbocycles.